The lowest BCUT2D eigenvalue weighted by molar-refractivity contribution is -0.123. The molecule has 1 N–H and O–H groups in total. The van der Waals surface area contributed by atoms with Gasteiger partial charge in [-0.15, -0.1) is 0 Å². The van der Waals surface area contributed by atoms with Gasteiger partial charge in [0.25, 0.3) is 5.91 Å². The molecular formula is C19H23IN4O2. The number of halogens is 1. The first-order valence-corrected chi connectivity index (χ1v) is 9.69. The van der Waals surface area contributed by atoms with Crippen LogP contribution in [0.15, 0.2) is 35.4 Å². The maximum Gasteiger partial charge on any atom is 0.254 e. The van der Waals surface area contributed by atoms with Crippen molar-refractivity contribution in [3.63, 3.8) is 0 Å². The molecule has 2 aromatic rings. The van der Waals surface area contributed by atoms with Crippen LogP contribution >= 0.6 is 22.6 Å². The molecule has 138 valence electrons. The number of ether oxygens (including phenoxy) is 1. The van der Waals surface area contributed by atoms with Crippen molar-refractivity contribution in [3.05, 3.63) is 50.9 Å². The summed E-state index contributed by atoms with van der Waals surface area (Å²) < 4.78 is 8.68. The lowest BCUT2D eigenvalue weighted by atomic mass is 10.2. The molecular weight excluding hydrogens is 443 g/mol. The summed E-state index contributed by atoms with van der Waals surface area (Å²) in [6.07, 6.45) is 1.71. The third-order valence-electron chi connectivity index (χ3n) is 4.42. The van der Waals surface area contributed by atoms with E-state index in [0.29, 0.717) is 19.8 Å². The monoisotopic (exact) mass is 466 g/mol. The number of amides is 1. The van der Waals surface area contributed by atoms with Gasteiger partial charge in [-0.05, 0) is 66.8 Å². The number of carbonyl (C=O) groups is 1. The number of morpholine rings is 1. The lowest BCUT2D eigenvalue weighted by Crippen LogP contribution is -2.42. The molecule has 1 saturated heterocycles. The molecule has 7 heteroatoms. The van der Waals surface area contributed by atoms with Crippen molar-refractivity contribution in [1.29, 1.82) is 0 Å². The van der Waals surface area contributed by atoms with E-state index in [9.17, 15) is 4.79 Å². The van der Waals surface area contributed by atoms with Crippen LogP contribution in [0.1, 0.15) is 17.0 Å². The van der Waals surface area contributed by atoms with Crippen molar-refractivity contribution in [2.75, 3.05) is 32.8 Å². The summed E-state index contributed by atoms with van der Waals surface area (Å²) in [6, 6.07) is 10.5. The Morgan fingerprint density at radius 2 is 1.96 bits per heavy atom. The quantitative estimate of drug-likeness (QED) is 0.419. The largest absolute Gasteiger partial charge is 0.379 e. The third-order valence-corrected chi connectivity index (χ3v) is 5.14. The molecule has 0 unspecified atom stereocenters. The van der Waals surface area contributed by atoms with Crippen LogP contribution in [0, 0.1) is 17.4 Å². The topological polar surface area (TPSA) is 58.9 Å². The molecule has 0 aliphatic carbocycles. The van der Waals surface area contributed by atoms with Gasteiger partial charge < -0.3 is 9.30 Å². The molecule has 1 fully saturated rings. The van der Waals surface area contributed by atoms with Crippen molar-refractivity contribution < 1.29 is 9.53 Å². The Balaban J connectivity index is 1.64. The Hall–Kier alpha value is -1.71. The average Bonchev–Trinajstić information content (AvgIpc) is 2.90. The fourth-order valence-corrected chi connectivity index (χ4v) is 3.44. The van der Waals surface area contributed by atoms with Crippen molar-refractivity contribution in [1.82, 2.24) is 14.9 Å². The van der Waals surface area contributed by atoms with Gasteiger partial charge in [-0.1, -0.05) is 0 Å². The Morgan fingerprint density at radius 1 is 1.27 bits per heavy atom. The molecule has 0 bridgehead atoms. The zero-order valence-corrected chi connectivity index (χ0v) is 17.2. The van der Waals surface area contributed by atoms with Crippen LogP contribution in [0.25, 0.3) is 5.69 Å². The highest BCUT2D eigenvalue weighted by atomic mass is 127. The molecule has 2 heterocycles. The van der Waals surface area contributed by atoms with Gasteiger partial charge in [0, 0.05) is 39.3 Å². The predicted molar refractivity (Wildman–Crippen MR) is 111 cm³/mol. The van der Waals surface area contributed by atoms with Crippen molar-refractivity contribution >= 4 is 34.7 Å². The first kappa shape index (κ1) is 19.1. The van der Waals surface area contributed by atoms with Crippen LogP contribution in [-0.2, 0) is 9.53 Å². The summed E-state index contributed by atoms with van der Waals surface area (Å²) in [5, 5.41) is 4.13. The van der Waals surface area contributed by atoms with E-state index in [1.165, 1.54) is 3.57 Å². The van der Waals surface area contributed by atoms with Crippen LogP contribution in [0.4, 0.5) is 0 Å². The summed E-state index contributed by atoms with van der Waals surface area (Å²) in [5.41, 5.74) is 6.96. The van der Waals surface area contributed by atoms with Gasteiger partial charge in [0.05, 0.1) is 26.0 Å². The molecule has 0 saturated carbocycles. The molecule has 1 aromatic heterocycles. The number of aryl methyl sites for hydroxylation is 1. The highest BCUT2D eigenvalue weighted by Crippen LogP contribution is 2.20. The van der Waals surface area contributed by atoms with Crippen LogP contribution in [-0.4, -0.2) is 54.4 Å². The molecule has 0 atom stereocenters. The van der Waals surface area contributed by atoms with E-state index in [-0.39, 0.29) is 5.91 Å². The maximum absolute atomic E-state index is 12.0. The minimum absolute atomic E-state index is 0.102. The molecule has 0 radical (unpaired) electrons. The van der Waals surface area contributed by atoms with Crippen LogP contribution in [0.5, 0.6) is 0 Å². The average molecular weight is 466 g/mol. The standard InChI is InChI=1S/C19H23IN4O2/c1-14-11-16(15(2)24(14)18-5-3-17(20)4-6-18)12-21-22-19(25)13-23-7-9-26-10-8-23/h3-6,11-12H,7-10,13H2,1-2H3,(H,22,25)/b21-12+. The lowest BCUT2D eigenvalue weighted by Gasteiger charge is -2.25. The van der Waals surface area contributed by atoms with Gasteiger partial charge in [0.1, 0.15) is 0 Å². The second-order valence-corrected chi connectivity index (χ2v) is 7.57. The molecule has 1 aliphatic rings. The van der Waals surface area contributed by atoms with Gasteiger partial charge in [0.2, 0.25) is 0 Å². The molecule has 3 rings (SSSR count). The third kappa shape index (κ3) is 4.72. The van der Waals surface area contributed by atoms with Gasteiger partial charge in [0.15, 0.2) is 0 Å². The number of hydrogen-bond donors (Lipinski definition) is 1. The van der Waals surface area contributed by atoms with E-state index >= 15 is 0 Å². The highest BCUT2D eigenvalue weighted by molar-refractivity contribution is 14.1. The van der Waals surface area contributed by atoms with Crippen molar-refractivity contribution in [3.8, 4) is 5.69 Å². The molecule has 1 aliphatic heterocycles. The highest BCUT2D eigenvalue weighted by Gasteiger charge is 2.14. The number of rotatable bonds is 5. The minimum atomic E-state index is -0.102. The Labute approximate surface area is 167 Å². The summed E-state index contributed by atoms with van der Waals surface area (Å²) in [7, 11) is 0. The fraction of sp³-hybridized carbons (Fsp3) is 0.368. The number of aromatic nitrogens is 1. The SMILES string of the molecule is Cc1cc(/C=N/NC(=O)CN2CCOCC2)c(C)n1-c1ccc(I)cc1. The second-order valence-electron chi connectivity index (χ2n) is 6.32. The first-order valence-electron chi connectivity index (χ1n) is 8.61. The first-order chi connectivity index (χ1) is 12.5. The van der Waals surface area contributed by atoms with E-state index in [1.54, 1.807) is 6.21 Å². The van der Waals surface area contributed by atoms with Crippen LogP contribution in [0.3, 0.4) is 0 Å². The van der Waals surface area contributed by atoms with E-state index in [1.807, 2.05) is 0 Å². The van der Waals surface area contributed by atoms with Gasteiger partial charge in [-0.3, -0.25) is 9.69 Å². The zero-order chi connectivity index (χ0) is 18.5. The van der Waals surface area contributed by atoms with Crippen LogP contribution < -0.4 is 5.43 Å². The van der Waals surface area contributed by atoms with E-state index in [0.717, 1.165) is 35.7 Å². The molecule has 26 heavy (non-hydrogen) atoms. The zero-order valence-electron chi connectivity index (χ0n) is 15.0. The number of hydrogen-bond acceptors (Lipinski definition) is 4. The Morgan fingerprint density at radius 3 is 2.65 bits per heavy atom. The van der Waals surface area contributed by atoms with E-state index in [4.69, 9.17) is 4.74 Å². The predicted octanol–water partition coefficient (Wildman–Crippen LogP) is 2.48. The van der Waals surface area contributed by atoms with Gasteiger partial charge in [-0.25, -0.2) is 5.43 Å². The summed E-state index contributed by atoms with van der Waals surface area (Å²) in [5.74, 6) is -0.102. The van der Waals surface area contributed by atoms with Gasteiger partial charge in [-0.2, -0.15) is 5.10 Å². The molecule has 0 spiro atoms. The number of benzene rings is 1. The number of carbonyl (C=O) groups excluding carboxylic acids is 1. The smallest absolute Gasteiger partial charge is 0.254 e. The Bertz CT molecular complexity index is 793. The summed E-state index contributed by atoms with van der Waals surface area (Å²) in [4.78, 5) is 14.1. The summed E-state index contributed by atoms with van der Waals surface area (Å²) in [6.45, 7) is 7.41. The minimum Gasteiger partial charge on any atom is -0.379 e. The Kier molecular flexibility index (Phi) is 6.44. The number of hydrazone groups is 1. The van der Waals surface area contributed by atoms with Crippen LogP contribution in [0.2, 0.25) is 0 Å². The molecule has 1 amide bonds. The maximum atomic E-state index is 12.0. The van der Waals surface area contributed by atoms with E-state index in [2.05, 4.69) is 86.8 Å². The van der Waals surface area contributed by atoms with Gasteiger partial charge >= 0.3 is 0 Å². The summed E-state index contributed by atoms with van der Waals surface area (Å²) >= 11 is 2.30. The van der Waals surface area contributed by atoms with Crippen molar-refractivity contribution in [2.45, 2.75) is 13.8 Å². The molecule has 6 nitrogen and oxygen atoms in total. The number of nitrogens with zero attached hydrogens (tertiary/aromatic N) is 3. The van der Waals surface area contributed by atoms with Crippen molar-refractivity contribution in [2.24, 2.45) is 5.10 Å². The normalized spacial score (nSPS) is 15.5. The fourth-order valence-electron chi connectivity index (χ4n) is 3.08. The molecule has 1 aromatic carbocycles. The van der Waals surface area contributed by atoms with E-state index < -0.39 is 0 Å². The number of nitrogens with one attached hydrogen (secondary N) is 1. The second kappa shape index (κ2) is 8.79.